The van der Waals surface area contributed by atoms with Gasteiger partial charge in [0.05, 0.1) is 5.52 Å². The molecule has 108 valence electrons. The van der Waals surface area contributed by atoms with Crippen molar-refractivity contribution < 1.29 is 0 Å². The fourth-order valence-electron chi connectivity index (χ4n) is 2.21. The van der Waals surface area contributed by atoms with Gasteiger partial charge in [-0.25, -0.2) is 15.8 Å². The van der Waals surface area contributed by atoms with Crippen molar-refractivity contribution >= 4 is 22.7 Å². The Morgan fingerprint density at radius 2 is 2.10 bits per heavy atom. The molecule has 4 N–H and O–H groups in total. The average Bonchev–Trinajstić information content (AvgIpc) is 2.92. The molecule has 21 heavy (non-hydrogen) atoms. The van der Waals surface area contributed by atoms with E-state index >= 15 is 0 Å². The minimum atomic E-state index is 0.396. The highest BCUT2D eigenvalue weighted by molar-refractivity contribution is 5.89. The molecule has 1 aromatic carbocycles. The van der Waals surface area contributed by atoms with Crippen LogP contribution in [0.3, 0.4) is 0 Å². The highest BCUT2D eigenvalue weighted by Gasteiger charge is 2.07. The smallest absolute Gasteiger partial charge is 0.239 e. The molecule has 0 aliphatic rings. The first-order chi connectivity index (χ1) is 10.3. The molecule has 3 rings (SSSR count). The monoisotopic (exact) mass is 283 g/mol. The second-order valence-corrected chi connectivity index (χ2v) is 4.69. The van der Waals surface area contributed by atoms with Crippen molar-refractivity contribution in [2.45, 2.75) is 6.42 Å². The van der Waals surface area contributed by atoms with E-state index < -0.39 is 0 Å². The largest absolute Gasteiger partial charge is 0.369 e. The number of aryl methyl sites for hydroxylation is 1. The number of nitrogens with two attached hydrogens (primary N) is 1. The lowest BCUT2D eigenvalue weighted by molar-refractivity contribution is 0.789. The highest BCUT2D eigenvalue weighted by Crippen LogP contribution is 2.21. The van der Waals surface area contributed by atoms with Gasteiger partial charge in [0.15, 0.2) is 0 Å². The Kier molecular flexibility index (Phi) is 3.65. The second kappa shape index (κ2) is 5.76. The van der Waals surface area contributed by atoms with Gasteiger partial charge in [-0.05, 0) is 12.1 Å². The van der Waals surface area contributed by atoms with Gasteiger partial charge in [0.1, 0.15) is 11.6 Å². The molecule has 0 amide bonds. The fourth-order valence-corrected chi connectivity index (χ4v) is 2.21. The lowest BCUT2D eigenvalue weighted by Gasteiger charge is -2.10. The Labute approximate surface area is 122 Å². The van der Waals surface area contributed by atoms with E-state index in [1.165, 1.54) is 0 Å². The van der Waals surface area contributed by atoms with Crippen LogP contribution in [0.2, 0.25) is 0 Å². The molecule has 0 aliphatic carbocycles. The number of aromatic nitrogens is 4. The van der Waals surface area contributed by atoms with E-state index in [4.69, 9.17) is 5.84 Å². The van der Waals surface area contributed by atoms with Gasteiger partial charge in [0.25, 0.3) is 0 Å². The van der Waals surface area contributed by atoms with E-state index in [0.717, 1.165) is 35.5 Å². The normalized spacial score (nSPS) is 10.8. The molecular weight excluding hydrogens is 266 g/mol. The van der Waals surface area contributed by atoms with Crippen LogP contribution >= 0.6 is 0 Å². The molecule has 7 heteroatoms. The molecule has 0 spiro atoms. The third-order valence-electron chi connectivity index (χ3n) is 3.29. The summed E-state index contributed by atoms with van der Waals surface area (Å²) in [6, 6.07) is 7.82. The Bertz CT molecular complexity index is 750. The number of anilines is 2. The van der Waals surface area contributed by atoms with E-state index in [0.29, 0.717) is 5.95 Å². The van der Waals surface area contributed by atoms with Gasteiger partial charge in [0.2, 0.25) is 5.95 Å². The molecule has 0 aliphatic heterocycles. The minimum Gasteiger partial charge on any atom is -0.369 e. The molecule has 3 aromatic rings. The van der Waals surface area contributed by atoms with Crippen LogP contribution in [0.25, 0.3) is 10.9 Å². The first kappa shape index (κ1) is 13.3. The molecule has 0 unspecified atom stereocenters. The average molecular weight is 283 g/mol. The third kappa shape index (κ3) is 2.77. The third-order valence-corrected chi connectivity index (χ3v) is 3.29. The number of imidazole rings is 1. The summed E-state index contributed by atoms with van der Waals surface area (Å²) < 4.78 is 2.01. The van der Waals surface area contributed by atoms with Gasteiger partial charge >= 0.3 is 0 Å². The standard InChI is InChI=1S/C14H17N7/c1-21-9-8-16-12(21)6-7-17-13-10-4-2-3-5-11(10)18-14(19-13)20-15/h2-5,8-9H,6-7,15H2,1H3,(H2,17,18,19,20). The van der Waals surface area contributed by atoms with Crippen LogP contribution in [0.4, 0.5) is 11.8 Å². The van der Waals surface area contributed by atoms with Gasteiger partial charge in [-0.15, -0.1) is 0 Å². The van der Waals surface area contributed by atoms with E-state index in [1.807, 2.05) is 42.1 Å². The first-order valence-corrected chi connectivity index (χ1v) is 6.71. The molecule has 2 heterocycles. The number of nitrogens with zero attached hydrogens (tertiary/aromatic N) is 4. The van der Waals surface area contributed by atoms with Crippen LogP contribution in [0, 0.1) is 0 Å². The molecule has 0 saturated carbocycles. The van der Waals surface area contributed by atoms with Crippen LogP contribution in [-0.4, -0.2) is 26.1 Å². The Balaban J connectivity index is 1.81. The van der Waals surface area contributed by atoms with Crippen LogP contribution in [0.15, 0.2) is 36.7 Å². The summed E-state index contributed by atoms with van der Waals surface area (Å²) in [7, 11) is 1.98. The van der Waals surface area contributed by atoms with E-state index in [2.05, 4.69) is 25.7 Å². The fraction of sp³-hybridized carbons (Fsp3) is 0.214. The van der Waals surface area contributed by atoms with Crippen molar-refractivity contribution in [3.8, 4) is 0 Å². The predicted molar refractivity (Wildman–Crippen MR) is 82.7 cm³/mol. The summed E-state index contributed by atoms with van der Waals surface area (Å²) in [5, 5.41) is 4.30. The zero-order chi connectivity index (χ0) is 14.7. The maximum absolute atomic E-state index is 5.42. The zero-order valence-electron chi connectivity index (χ0n) is 11.7. The number of benzene rings is 1. The summed E-state index contributed by atoms with van der Waals surface area (Å²) in [6.45, 7) is 0.732. The molecule has 7 nitrogen and oxygen atoms in total. The topological polar surface area (TPSA) is 93.7 Å². The van der Waals surface area contributed by atoms with Gasteiger partial charge in [-0.2, -0.15) is 4.98 Å². The van der Waals surface area contributed by atoms with E-state index in [-0.39, 0.29) is 0 Å². The van der Waals surface area contributed by atoms with Crippen molar-refractivity contribution in [3.05, 3.63) is 42.5 Å². The van der Waals surface area contributed by atoms with Gasteiger partial charge in [-0.3, -0.25) is 5.43 Å². The lowest BCUT2D eigenvalue weighted by Crippen LogP contribution is -2.14. The summed E-state index contributed by atoms with van der Waals surface area (Å²) >= 11 is 0. The number of rotatable bonds is 5. The number of para-hydroxylation sites is 1. The Morgan fingerprint density at radius 1 is 1.24 bits per heavy atom. The molecular formula is C14H17N7. The van der Waals surface area contributed by atoms with Gasteiger partial charge in [-0.1, -0.05) is 12.1 Å². The number of nitrogen functional groups attached to an aromatic ring is 1. The number of fused-ring (bicyclic) bond motifs is 1. The number of hydrogen-bond acceptors (Lipinski definition) is 6. The van der Waals surface area contributed by atoms with Gasteiger partial charge < -0.3 is 9.88 Å². The lowest BCUT2D eigenvalue weighted by atomic mass is 10.2. The van der Waals surface area contributed by atoms with Crippen molar-refractivity contribution in [3.63, 3.8) is 0 Å². The first-order valence-electron chi connectivity index (χ1n) is 6.71. The summed E-state index contributed by atoms with van der Waals surface area (Å²) in [6.07, 6.45) is 4.55. The maximum Gasteiger partial charge on any atom is 0.239 e. The molecule has 0 radical (unpaired) electrons. The SMILES string of the molecule is Cn1ccnc1CCNc1nc(NN)nc2ccccc12. The quantitative estimate of drug-likeness (QED) is 0.483. The van der Waals surface area contributed by atoms with Crippen LogP contribution in [0.1, 0.15) is 5.82 Å². The number of hydrazine groups is 1. The van der Waals surface area contributed by atoms with Crippen LogP contribution in [-0.2, 0) is 13.5 Å². The Morgan fingerprint density at radius 3 is 2.86 bits per heavy atom. The van der Waals surface area contributed by atoms with Crippen molar-refractivity contribution in [2.24, 2.45) is 12.9 Å². The second-order valence-electron chi connectivity index (χ2n) is 4.69. The summed E-state index contributed by atoms with van der Waals surface area (Å²) in [4.78, 5) is 13.0. The molecule has 2 aromatic heterocycles. The van der Waals surface area contributed by atoms with Gasteiger partial charge in [0, 0.05) is 37.8 Å². The Hall–Kier alpha value is -2.67. The van der Waals surface area contributed by atoms with Crippen molar-refractivity contribution in [1.29, 1.82) is 0 Å². The predicted octanol–water partition coefficient (Wildman–Crippen LogP) is 1.30. The maximum atomic E-state index is 5.42. The highest BCUT2D eigenvalue weighted by atomic mass is 15.3. The van der Waals surface area contributed by atoms with Crippen molar-refractivity contribution in [1.82, 2.24) is 19.5 Å². The summed E-state index contributed by atoms with van der Waals surface area (Å²) in [5.74, 6) is 7.61. The van der Waals surface area contributed by atoms with Crippen LogP contribution in [0.5, 0.6) is 0 Å². The van der Waals surface area contributed by atoms with Crippen LogP contribution < -0.4 is 16.6 Å². The minimum absolute atomic E-state index is 0.396. The number of nitrogens with one attached hydrogen (secondary N) is 2. The zero-order valence-corrected chi connectivity index (χ0v) is 11.7. The van der Waals surface area contributed by atoms with E-state index in [1.54, 1.807) is 6.20 Å². The number of hydrogen-bond donors (Lipinski definition) is 3. The molecule has 0 fully saturated rings. The summed E-state index contributed by atoms with van der Waals surface area (Å²) in [5.41, 5.74) is 3.34. The molecule has 0 atom stereocenters. The molecule has 0 saturated heterocycles. The van der Waals surface area contributed by atoms with E-state index in [9.17, 15) is 0 Å². The molecule has 0 bridgehead atoms. The van der Waals surface area contributed by atoms with Crippen molar-refractivity contribution in [2.75, 3.05) is 17.3 Å².